The molecule has 3 N–H and O–H groups in total. The molecular formula is C5H14N2OSi. The van der Waals surface area contributed by atoms with E-state index in [4.69, 9.17) is 10.6 Å². The molecule has 9 heavy (non-hydrogen) atoms. The van der Waals surface area contributed by atoms with Gasteiger partial charge in [-0.25, -0.2) is 5.43 Å². The zero-order valence-corrected chi connectivity index (χ0v) is 7.81. The number of nitrogens with two attached hydrogens (primary N) is 1. The first-order valence-corrected chi connectivity index (χ1v) is 4.39. The molecule has 0 aromatic rings. The maximum Gasteiger partial charge on any atom is 0.106 e. The number of hydrogen-bond acceptors (Lipinski definition) is 3. The van der Waals surface area contributed by atoms with Crippen molar-refractivity contribution in [3.63, 3.8) is 0 Å². The fourth-order valence-corrected chi connectivity index (χ4v) is 1.61. The van der Waals surface area contributed by atoms with Crippen LogP contribution in [0.3, 0.4) is 0 Å². The lowest BCUT2D eigenvalue weighted by Gasteiger charge is -2.33. The van der Waals surface area contributed by atoms with E-state index in [1.54, 1.807) is 0 Å². The second kappa shape index (κ2) is 2.79. The Kier molecular flexibility index (Phi) is 2.23. The molecule has 1 heterocycles. The molecule has 0 radical (unpaired) electrons. The van der Waals surface area contributed by atoms with E-state index in [2.05, 4.69) is 5.43 Å². The van der Waals surface area contributed by atoms with Gasteiger partial charge in [-0.1, -0.05) is 0 Å². The van der Waals surface area contributed by atoms with Crippen molar-refractivity contribution in [1.82, 2.24) is 5.43 Å². The molecule has 1 aliphatic heterocycles. The fraction of sp³-hybridized carbons (Fsp3) is 1.00. The Hall–Kier alpha value is 0.0969. The standard InChI is InChI=1S/C5H14N2OSi/c6-7-5(9)3-1-2-4-8-5/h7H,1-4,6H2,9H3. The molecule has 0 aromatic heterocycles. The van der Waals surface area contributed by atoms with Crippen molar-refractivity contribution in [2.75, 3.05) is 6.61 Å². The van der Waals surface area contributed by atoms with Crippen LogP contribution < -0.4 is 11.3 Å². The van der Waals surface area contributed by atoms with Crippen molar-refractivity contribution < 1.29 is 4.74 Å². The molecule has 3 nitrogen and oxygen atoms in total. The SMILES string of the molecule is NNC1([SiH3])CCCCO1. The van der Waals surface area contributed by atoms with Gasteiger partial charge in [0.25, 0.3) is 0 Å². The van der Waals surface area contributed by atoms with Crippen molar-refractivity contribution in [1.29, 1.82) is 0 Å². The number of ether oxygens (including phenoxy) is 1. The van der Waals surface area contributed by atoms with Gasteiger partial charge in [0.15, 0.2) is 0 Å². The lowest BCUT2D eigenvalue weighted by molar-refractivity contribution is -0.0399. The summed E-state index contributed by atoms with van der Waals surface area (Å²) in [5, 5.41) is -0.113. The summed E-state index contributed by atoms with van der Waals surface area (Å²) in [5.74, 6) is 5.30. The Labute approximate surface area is 58.3 Å². The first kappa shape index (κ1) is 7.21. The minimum Gasteiger partial charge on any atom is -0.364 e. The van der Waals surface area contributed by atoms with E-state index in [1.807, 2.05) is 0 Å². The quantitative estimate of drug-likeness (QED) is 0.274. The zero-order chi connectivity index (χ0) is 6.74. The first-order valence-electron chi connectivity index (χ1n) is 3.39. The summed E-state index contributed by atoms with van der Waals surface area (Å²) in [6, 6.07) is 0. The van der Waals surface area contributed by atoms with Gasteiger partial charge in [-0.05, 0) is 19.3 Å². The summed E-state index contributed by atoms with van der Waals surface area (Å²) in [6.07, 6.45) is 3.51. The van der Waals surface area contributed by atoms with Crippen LogP contribution >= 0.6 is 0 Å². The summed E-state index contributed by atoms with van der Waals surface area (Å²) in [4.78, 5) is 0. The van der Waals surface area contributed by atoms with Gasteiger partial charge in [-0.2, -0.15) is 0 Å². The monoisotopic (exact) mass is 146 g/mol. The Balaban J connectivity index is 2.37. The van der Waals surface area contributed by atoms with Crippen LogP contribution in [0.1, 0.15) is 19.3 Å². The number of rotatable bonds is 1. The molecule has 1 saturated heterocycles. The maximum atomic E-state index is 5.44. The van der Waals surface area contributed by atoms with Crippen LogP contribution in [0.2, 0.25) is 0 Å². The second-order valence-electron chi connectivity index (χ2n) is 2.68. The lowest BCUT2D eigenvalue weighted by Crippen LogP contribution is -2.53. The topological polar surface area (TPSA) is 47.3 Å². The molecule has 1 unspecified atom stereocenters. The van der Waals surface area contributed by atoms with Crippen molar-refractivity contribution in [3.05, 3.63) is 0 Å². The molecule has 0 aromatic carbocycles. The van der Waals surface area contributed by atoms with E-state index in [1.165, 1.54) is 12.8 Å². The molecule has 1 rings (SSSR count). The Morgan fingerprint density at radius 2 is 2.33 bits per heavy atom. The summed E-state index contributed by atoms with van der Waals surface area (Å²) in [5.41, 5.74) is 2.72. The van der Waals surface area contributed by atoms with Crippen LogP contribution in [0.5, 0.6) is 0 Å². The molecule has 0 aliphatic carbocycles. The molecule has 1 aliphatic rings. The van der Waals surface area contributed by atoms with Crippen molar-refractivity contribution >= 4 is 10.2 Å². The van der Waals surface area contributed by atoms with Crippen LogP contribution in [-0.4, -0.2) is 22.2 Å². The van der Waals surface area contributed by atoms with Crippen LogP contribution in [0, 0.1) is 0 Å². The highest BCUT2D eigenvalue weighted by Crippen LogP contribution is 2.17. The van der Waals surface area contributed by atoms with Gasteiger partial charge in [0.05, 0.1) is 10.2 Å². The van der Waals surface area contributed by atoms with Gasteiger partial charge in [0, 0.05) is 6.61 Å². The summed E-state index contributed by atoms with van der Waals surface area (Å²) < 4.78 is 5.44. The maximum absolute atomic E-state index is 5.44. The predicted molar refractivity (Wildman–Crippen MR) is 39.8 cm³/mol. The largest absolute Gasteiger partial charge is 0.364 e. The fourth-order valence-electron chi connectivity index (χ4n) is 1.05. The molecule has 0 saturated carbocycles. The van der Waals surface area contributed by atoms with Crippen molar-refractivity contribution in [2.45, 2.75) is 24.6 Å². The molecule has 1 fully saturated rings. The zero-order valence-electron chi connectivity index (χ0n) is 5.81. The highest BCUT2D eigenvalue weighted by molar-refractivity contribution is 6.14. The summed E-state index contributed by atoms with van der Waals surface area (Å²) >= 11 is 0. The number of nitrogens with one attached hydrogen (secondary N) is 1. The molecule has 0 amide bonds. The van der Waals surface area contributed by atoms with Crippen LogP contribution in [0.4, 0.5) is 0 Å². The summed E-state index contributed by atoms with van der Waals surface area (Å²) in [7, 11) is 0.972. The van der Waals surface area contributed by atoms with Gasteiger partial charge in [0.1, 0.15) is 5.35 Å². The van der Waals surface area contributed by atoms with E-state index < -0.39 is 0 Å². The summed E-state index contributed by atoms with van der Waals surface area (Å²) in [6.45, 7) is 0.869. The Bertz CT molecular complexity index is 93.0. The average molecular weight is 146 g/mol. The minimum atomic E-state index is -0.113. The third kappa shape index (κ3) is 1.75. The molecule has 1 atom stereocenters. The first-order chi connectivity index (χ1) is 4.27. The predicted octanol–water partition coefficient (Wildman–Crippen LogP) is -1.33. The third-order valence-electron chi connectivity index (χ3n) is 1.77. The highest BCUT2D eigenvalue weighted by Gasteiger charge is 2.24. The third-order valence-corrected chi connectivity index (χ3v) is 2.85. The van der Waals surface area contributed by atoms with Gasteiger partial charge >= 0.3 is 0 Å². The second-order valence-corrected chi connectivity index (χ2v) is 4.30. The van der Waals surface area contributed by atoms with Crippen LogP contribution in [0.15, 0.2) is 0 Å². The van der Waals surface area contributed by atoms with Gasteiger partial charge in [0.2, 0.25) is 0 Å². The normalized spacial score (nSPS) is 37.0. The van der Waals surface area contributed by atoms with E-state index in [0.29, 0.717) is 0 Å². The molecule has 54 valence electrons. The van der Waals surface area contributed by atoms with Crippen LogP contribution in [0.25, 0.3) is 0 Å². The highest BCUT2D eigenvalue weighted by atomic mass is 28.1. The Morgan fingerprint density at radius 3 is 2.67 bits per heavy atom. The van der Waals surface area contributed by atoms with Gasteiger partial charge < -0.3 is 4.74 Å². The van der Waals surface area contributed by atoms with Crippen LogP contribution in [-0.2, 0) is 4.74 Å². The van der Waals surface area contributed by atoms with E-state index in [9.17, 15) is 0 Å². The van der Waals surface area contributed by atoms with E-state index >= 15 is 0 Å². The van der Waals surface area contributed by atoms with Gasteiger partial charge in [-0.15, -0.1) is 0 Å². The van der Waals surface area contributed by atoms with E-state index in [0.717, 1.165) is 23.3 Å². The van der Waals surface area contributed by atoms with Gasteiger partial charge in [-0.3, -0.25) is 5.84 Å². The molecule has 0 spiro atoms. The minimum absolute atomic E-state index is 0.113. The molecule has 0 bridgehead atoms. The molecular weight excluding hydrogens is 132 g/mol. The number of hydrazine groups is 1. The van der Waals surface area contributed by atoms with Crippen molar-refractivity contribution in [2.24, 2.45) is 5.84 Å². The number of hydrogen-bond donors (Lipinski definition) is 2. The Morgan fingerprint density at radius 1 is 1.56 bits per heavy atom. The van der Waals surface area contributed by atoms with E-state index in [-0.39, 0.29) is 5.35 Å². The molecule has 4 heteroatoms. The average Bonchev–Trinajstić information content (AvgIpc) is 1.90. The van der Waals surface area contributed by atoms with Crippen molar-refractivity contribution in [3.8, 4) is 0 Å². The lowest BCUT2D eigenvalue weighted by atomic mass is 10.2. The smallest absolute Gasteiger partial charge is 0.106 e.